The van der Waals surface area contributed by atoms with Crippen LogP contribution >= 0.6 is 0 Å². The van der Waals surface area contributed by atoms with Crippen LogP contribution in [0, 0.1) is 17.6 Å². The molecule has 2 aliphatic rings. The van der Waals surface area contributed by atoms with Crippen molar-refractivity contribution in [2.24, 2.45) is 5.92 Å². The van der Waals surface area contributed by atoms with Gasteiger partial charge in [0.15, 0.2) is 0 Å². The van der Waals surface area contributed by atoms with Crippen molar-refractivity contribution in [1.82, 2.24) is 29.1 Å². The van der Waals surface area contributed by atoms with E-state index in [0.29, 0.717) is 69.6 Å². The summed E-state index contributed by atoms with van der Waals surface area (Å²) in [7, 11) is -4.70. The zero-order valence-corrected chi connectivity index (χ0v) is 43.7. The summed E-state index contributed by atoms with van der Waals surface area (Å²) in [5.41, 5.74) is 1.48. The summed E-state index contributed by atoms with van der Waals surface area (Å²) in [4.78, 5) is 47.1. The second-order valence-corrected chi connectivity index (χ2v) is 18.6. The smallest absolute Gasteiger partial charge is 0.726 e. The van der Waals surface area contributed by atoms with Gasteiger partial charge in [-0.2, -0.15) is 10.2 Å². The topological polar surface area (TPSA) is 224 Å². The van der Waals surface area contributed by atoms with Crippen molar-refractivity contribution in [2.75, 3.05) is 55.8 Å². The van der Waals surface area contributed by atoms with E-state index in [1.54, 1.807) is 17.9 Å². The Balaban J connectivity index is 0.00000847. The monoisotopic (exact) mass is 1030 g/mol. The Morgan fingerprint density at radius 3 is 2.15 bits per heavy atom. The Hall–Kier alpha value is -5.43. The van der Waals surface area contributed by atoms with Gasteiger partial charge in [-0.25, -0.2) is 45.7 Å². The van der Waals surface area contributed by atoms with Gasteiger partial charge in [-0.15, -0.1) is 0 Å². The van der Waals surface area contributed by atoms with Gasteiger partial charge in [0.25, 0.3) is 0 Å². The molecule has 1 unspecified atom stereocenters. The molecule has 0 bridgehead atoms. The maximum atomic E-state index is 15.1. The number of hydrogen-bond donors (Lipinski definition) is 0. The number of carbonyl (C=O) groups excluding carboxylic acids is 2. The molecule has 0 aliphatic carbocycles. The van der Waals surface area contributed by atoms with Crippen molar-refractivity contribution >= 4 is 33.9 Å². The minimum atomic E-state index is -4.70. The Kier molecular flexibility index (Phi) is 20.2. The molecule has 0 amide bonds. The van der Waals surface area contributed by atoms with E-state index in [0.717, 1.165) is 43.6 Å². The van der Waals surface area contributed by atoms with E-state index in [9.17, 15) is 31.7 Å². The molecule has 20 nitrogen and oxygen atoms in total. The van der Waals surface area contributed by atoms with Crippen LogP contribution in [-0.4, -0.2) is 113 Å². The first kappa shape index (κ1) is 55.9. The van der Waals surface area contributed by atoms with E-state index in [1.807, 2.05) is 55.5 Å². The Morgan fingerprint density at radius 2 is 1.51 bits per heavy atom. The fourth-order valence-electron chi connectivity index (χ4n) is 8.95. The first-order valence-electron chi connectivity index (χ1n) is 23.7. The molecule has 384 valence electrons. The first-order chi connectivity index (χ1) is 34.1. The number of rotatable bonds is 24. The van der Waals surface area contributed by atoms with Gasteiger partial charge >= 0.3 is 47.4 Å². The van der Waals surface area contributed by atoms with Crippen LogP contribution in [0.1, 0.15) is 83.7 Å². The van der Waals surface area contributed by atoms with E-state index >= 15 is 4.39 Å². The maximum absolute atomic E-state index is 15.1. The molecular formula is C48H59F2N8NaO12S. The number of nitrogens with zero attached hydrogens (tertiary/aromatic N) is 8. The summed E-state index contributed by atoms with van der Waals surface area (Å²) in [6.45, 7) is 8.65. The number of benzene rings is 3. The molecule has 24 heteroatoms. The van der Waals surface area contributed by atoms with Crippen molar-refractivity contribution < 1.29 is 88.8 Å². The van der Waals surface area contributed by atoms with Crippen LogP contribution in [0.3, 0.4) is 0 Å². The number of hydrogen-bond acceptors (Lipinski definition) is 17. The number of aromatic nitrogens is 6. The van der Waals surface area contributed by atoms with Gasteiger partial charge in [0.2, 0.25) is 16.7 Å². The van der Waals surface area contributed by atoms with E-state index < -0.39 is 63.9 Å². The quantitative estimate of drug-likeness (QED) is 0.0216. The van der Waals surface area contributed by atoms with E-state index in [2.05, 4.69) is 29.2 Å². The molecule has 2 aliphatic heterocycles. The number of ether oxygens (including phenoxy) is 5. The molecule has 5 atom stereocenters. The van der Waals surface area contributed by atoms with Crippen LogP contribution in [0.25, 0.3) is 5.69 Å². The molecule has 2 saturated heterocycles. The largest absolute Gasteiger partial charge is 1.00 e. The molecular weight excluding hydrogens is 974 g/mol. The Morgan fingerprint density at radius 1 is 0.861 bits per heavy atom. The molecule has 7 rings (SSSR count). The maximum Gasteiger partial charge on any atom is 1.00 e. The van der Waals surface area contributed by atoms with Crippen LogP contribution < -0.4 is 49.8 Å². The molecule has 72 heavy (non-hydrogen) atoms. The van der Waals surface area contributed by atoms with Gasteiger partial charge in [-0.1, -0.05) is 32.3 Å². The number of piperazine rings is 1. The summed E-state index contributed by atoms with van der Waals surface area (Å²) in [5.74, 6) is -1.26. The predicted octanol–water partition coefficient (Wildman–Crippen LogP) is 3.44. The molecule has 0 saturated carbocycles. The number of esters is 1. The van der Waals surface area contributed by atoms with Crippen LogP contribution in [0.15, 0.2) is 90.5 Å². The summed E-state index contributed by atoms with van der Waals surface area (Å²) >= 11 is 0. The number of carbonyl (C=O) groups is 2. The fraction of sp³-hybridized carbons (Fsp3) is 0.500. The third-order valence-electron chi connectivity index (χ3n) is 12.5. The summed E-state index contributed by atoms with van der Waals surface area (Å²) in [6.07, 6.45) is 5.03. The molecule has 0 N–H and O–H groups in total. The van der Waals surface area contributed by atoms with E-state index in [1.165, 1.54) is 41.0 Å². The van der Waals surface area contributed by atoms with Crippen molar-refractivity contribution in [3.8, 4) is 11.4 Å². The summed E-state index contributed by atoms with van der Waals surface area (Å²) in [5, 5.41) is 8.53. The van der Waals surface area contributed by atoms with Crippen LogP contribution in [0.2, 0.25) is 0 Å². The van der Waals surface area contributed by atoms with Crippen molar-refractivity contribution in [3.05, 3.63) is 113 Å². The van der Waals surface area contributed by atoms with Crippen LogP contribution in [0.5, 0.6) is 5.75 Å². The Bertz CT molecular complexity index is 2690. The number of unbranched alkanes of at least 4 members (excludes halogenated alkanes) is 4. The molecule has 2 aromatic heterocycles. The zero-order valence-electron chi connectivity index (χ0n) is 40.8. The molecule has 2 fully saturated rings. The normalized spacial score (nSPS) is 18.2. The van der Waals surface area contributed by atoms with Crippen LogP contribution in [0.4, 0.5) is 25.0 Å². The standard InChI is InChI=1S/C48H60F2N8O12S.Na/c1-4-44(34(2)68-47(61)70-35(3)69-45(59)10-8-6-5-7-9-25-67-71(62,63)64)58-46(60)57(33-53-58)40-14-12-38(13-15-40)54-21-23-55(24-22-54)39-16-18-41(19-17-39)65-28-36-27-48(66-29-36,30-56-32-51-31-52-56)42-20-11-37(49)26-43(42)50;/h11-20,26,31-36,44H,4-10,21-25,27-30H2,1-3H3,(H,62,63,64);/q;+1/p-1/t34-,35?,36+,44-,48-;/m0./s1. The van der Waals surface area contributed by atoms with Gasteiger partial charge in [0, 0.05) is 68.4 Å². The SMILES string of the molecule is CC[C@@H]([C@H](C)OC(=O)OC(C)OC(=O)CCCCCCCOS(=O)(=O)[O-])n1ncn(-c2ccc(N3CCN(c4ccc(OC[C@@H]5CO[C@@](Cn6cncn6)(c6ccc(F)cc6F)C5)cc4)CC3)cc2)c1=O.[Na+]. The van der Waals surface area contributed by atoms with E-state index in [-0.39, 0.29) is 60.6 Å². The number of halogens is 2. The molecule has 0 spiro atoms. The van der Waals surface area contributed by atoms with E-state index in [4.69, 9.17) is 23.7 Å². The van der Waals surface area contributed by atoms with Crippen molar-refractivity contribution in [3.63, 3.8) is 0 Å². The number of anilines is 2. The third-order valence-corrected chi connectivity index (χ3v) is 13.0. The minimum absolute atomic E-state index is 0. The Labute approximate surface area is 438 Å². The van der Waals surface area contributed by atoms with Gasteiger partial charge < -0.3 is 38.0 Å². The fourth-order valence-corrected chi connectivity index (χ4v) is 9.27. The van der Waals surface area contributed by atoms with Crippen molar-refractivity contribution in [1.29, 1.82) is 0 Å². The molecule has 0 radical (unpaired) electrons. The minimum Gasteiger partial charge on any atom is -0.726 e. The third kappa shape index (κ3) is 15.3. The van der Waals surface area contributed by atoms with Gasteiger partial charge in [-0.3, -0.25) is 8.98 Å². The van der Waals surface area contributed by atoms with Gasteiger partial charge in [-0.05, 0) is 87.2 Å². The zero-order chi connectivity index (χ0) is 50.5. The second kappa shape index (κ2) is 26.0. The first-order valence-corrected chi connectivity index (χ1v) is 25.0. The average Bonchev–Trinajstić information content (AvgIpc) is 4.10. The van der Waals surface area contributed by atoms with Crippen LogP contribution in [-0.2, 0) is 50.5 Å². The second-order valence-electron chi connectivity index (χ2n) is 17.6. The summed E-state index contributed by atoms with van der Waals surface area (Å²) in [6, 6.07) is 18.5. The van der Waals surface area contributed by atoms with Crippen molar-refractivity contribution in [2.45, 2.75) is 103 Å². The molecule has 3 aromatic carbocycles. The average molecular weight is 1030 g/mol. The predicted molar refractivity (Wildman–Crippen MR) is 252 cm³/mol. The van der Waals surface area contributed by atoms with Gasteiger partial charge in [0.1, 0.15) is 48.1 Å². The molecule has 4 heterocycles. The van der Waals surface area contributed by atoms with Gasteiger partial charge in [0.05, 0.1) is 38.1 Å². The molecule has 5 aromatic rings. The summed E-state index contributed by atoms with van der Waals surface area (Å²) < 4.78 is 96.9.